The van der Waals surface area contributed by atoms with Gasteiger partial charge in [-0.05, 0) is 42.8 Å². The van der Waals surface area contributed by atoms with Crippen LogP contribution >= 0.6 is 11.3 Å². The fourth-order valence-electron chi connectivity index (χ4n) is 3.74. The average Bonchev–Trinajstić information content (AvgIpc) is 3.30. The van der Waals surface area contributed by atoms with Gasteiger partial charge in [-0.15, -0.1) is 11.3 Å². The molecule has 30 heavy (non-hydrogen) atoms. The zero-order valence-electron chi connectivity index (χ0n) is 17.8. The maximum Gasteiger partial charge on any atom is 0.264 e. The summed E-state index contributed by atoms with van der Waals surface area (Å²) < 4.78 is 6.97. The predicted octanol–water partition coefficient (Wildman–Crippen LogP) is 4.50. The van der Waals surface area contributed by atoms with E-state index in [9.17, 15) is 9.59 Å². The number of ether oxygens (including phenoxy) is 1. The van der Waals surface area contributed by atoms with Gasteiger partial charge in [0.2, 0.25) is 0 Å². The van der Waals surface area contributed by atoms with Crippen LogP contribution in [0.1, 0.15) is 54.6 Å². The fraction of sp³-hybridized carbons (Fsp3) is 0.435. The van der Waals surface area contributed by atoms with Crippen LogP contribution in [0.3, 0.4) is 0 Å². The molecular formula is C23H29N3O3S. The molecule has 0 N–H and O–H groups in total. The normalized spacial score (nSPS) is 12.2. The van der Waals surface area contributed by atoms with Crippen LogP contribution in [0, 0.1) is 0 Å². The SMILES string of the molecule is CCCn1c(C(CC)N(CCCOC)C(=O)c2cccs2)nc2ccccc2c1=O. The number of hydrogen-bond acceptors (Lipinski definition) is 5. The van der Waals surface area contributed by atoms with Gasteiger partial charge in [0.15, 0.2) is 0 Å². The van der Waals surface area contributed by atoms with Gasteiger partial charge in [0.1, 0.15) is 5.82 Å². The number of hydrogen-bond donors (Lipinski definition) is 0. The van der Waals surface area contributed by atoms with Gasteiger partial charge < -0.3 is 9.64 Å². The molecule has 2 heterocycles. The molecular weight excluding hydrogens is 398 g/mol. The van der Waals surface area contributed by atoms with Crippen molar-refractivity contribution in [2.24, 2.45) is 0 Å². The number of benzene rings is 1. The number of rotatable bonds is 10. The second kappa shape index (κ2) is 10.5. The van der Waals surface area contributed by atoms with Crippen molar-refractivity contribution >= 4 is 28.1 Å². The largest absolute Gasteiger partial charge is 0.385 e. The summed E-state index contributed by atoms with van der Waals surface area (Å²) in [4.78, 5) is 34.0. The first-order chi connectivity index (χ1) is 14.6. The molecule has 0 fully saturated rings. The number of amides is 1. The van der Waals surface area contributed by atoms with Crippen LogP contribution in [0.2, 0.25) is 0 Å². The first kappa shape index (κ1) is 22.2. The van der Waals surface area contributed by atoms with Crippen LogP contribution in [0.5, 0.6) is 0 Å². The van der Waals surface area contributed by atoms with Gasteiger partial charge in [-0.3, -0.25) is 14.2 Å². The van der Waals surface area contributed by atoms with Gasteiger partial charge in [0.05, 0.1) is 21.8 Å². The molecule has 0 aliphatic heterocycles. The summed E-state index contributed by atoms with van der Waals surface area (Å²) in [5.74, 6) is 0.629. The highest BCUT2D eigenvalue weighted by atomic mass is 32.1. The third-order valence-electron chi connectivity index (χ3n) is 5.14. The van der Waals surface area contributed by atoms with Crippen molar-refractivity contribution in [3.05, 3.63) is 62.8 Å². The Hall–Kier alpha value is -2.51. The van der Waals surface area contributed by atoms with Crippen molar-refractivity contribution < 1.29 is 9.53 Å². The minimum Gasteiger partial charge on any atom is -0.385 e. The van der Waals surface area contributed by atoms with Crippen LogP contribution in [0.15, 0.2) is 46.6 Å². The topological polar surface area (TPSA) is 64.4 Å². The quantitative estimate of drug-likeness (QED) is 0.447. The molecule has 0 radical (unpaired) electrons. The number of para-hydroxylation sites is 1. The Morgan fingerprint density at radius 1 is 1.23 bits per heavy atom. The van der Waals surface area contributed by atoms with Crippen molar-refractivity contribution in [1.82, 2.24) is 14.5 Å². The van der Waals surface area contributed by atoms with E-state index >= 15 is 0 Å². The number of thiophene rings is 1. The summed E-state index contributed by atoms with van der Waals surface area (Å²) in [6, 6.07) is 10.9. The molecule has 1 atom stereocenters. The molecule has 0 bridgehead atoms. The molecule has 2 aromatic heterocycles. The van der Waals surface area contributed by atoms with Crippen molar-refractivity contribution in [2.45, 2.75) is 45.7 Å². The van der Waals surface area contributed by atoms with E-state index < -0.39 is 0 Å². The summed E-state index contributed by atoms with van der Waals surface area (Å²) in [5.41, 5.74) is 0.625. The van der Waals surface area contributed by atoms with Gasteiger partial charge >= 0.3 is 0 Å². The number of aromatic nitrogens is 2. The molecule has 1 unspecified atom stereocenters. The van der Waals surface area contributed by atoms with Gasteiger partial charge in [-0.25, -0.2) is 4.98 Å². The van der Waals surface area contributed by atoms with Crippen LogP contribution in [-0.2, 0) is 11.3 Å². The molecule has 3 rings (SSSR count). The van der Waals surface area contributed by atoms with Gasteiger partial charge in [0, 0.05) is 26.8 Å². The molecule has 160 valence electrons. The molecule has 3 aromatic rings. The summed E-state index contributed by atoms with van der Waals surface area (Å²) >= 11 is 1.43. The Labute approximate surface area is 181 Å². The second-order valence-corrected chi connectivity index (χ2v) is 8.14. The molecule has 1 aromatic carbocycles. The lowest BCUT2D eigenvalue weighted by Crippen LogP contribution is -2.39. The first-order valence-electron chi connectivity index (χ1n) is 10.4. The Morgan fingerprint density at radius 3 is 2.70 bits per heavy atom. The molecule has 0 aliphatic carbocycles. The summed E-state index contributed by atoms with van der Waals surface area (Å²) in [7, 11) is 1.66. The lowest BCUT2D eigenvalue weighted by Gasteiger charge is -2.32. The summed E-state index contributed by atoms with van der Waals surface area (Å²) in [5, 5.41) is 2.52. The van der Waals surface area contributed by atoms with Gasteiger partial charge in [0.25, 0.3) is 11.5 Å². The molecule has 0 saturated carbocycles. The van der Waals surface area contributed by atoms with E-state index in [1.807, 2.05) is 60.5 Å². The monoisotopic (exact) mass is 427 g/mol. The smallest absolute Gasteiger partial charge is 0.264 e. The molecule has 0 aliphatic rings. The highest BCUT2D eigenvalue weighted by molar-refractivity contribution is 7.12. The Balaban J connectivity index is 2.12. The standard InChI is InChI=1S/C23H29N3O3S/c1-4-13-26-21(24-18-11-7-6-10-17(18)22(26)27)19(5-2)25(14-9-15-29-3)23(28)20-12-8-16-30-20/h6-8,10-12,16,19H,4-5,9,13-15H2,1-3H3. The van der Waals surface area contributed by atoms with E-state index in [0.717, 1.165) is 12.8 Å². The molecule has 0 spiro atoms. The van der Waals surface area contributed by atoms with E-state index in [0.29, 0.717) is 47.7 Å². The minimum atomic E-state index is -0.291. The molecule has 7 heteroatoms. The molecule has 1 amide bonds. The Bertz CT molecular complexity index is 1030. The number of carbonyl (C=O) groups is 1. The van der Waals surface area contributed by atoms with Crippen LogP contribution in [-0.4, -0.2) is 40.6 Å². The maximum absolute atomic E-state index is 13.4. The molecule has 6 nitrogen and oxygen atoms in total. The fourth-order valence-corrected chi connectivity index (χ4v) is 4.42. The Morgan fingerprint density at radius 2 is 2.03 bits per heavy atom. The Kier molecular flexibility index (Phi) is 7.76. The highest BCUT2D eigenvalue weighted by Crippen LogP contribution is 2.27. The number of nitrogens with zero attached hydrogens (tertiary/aromatic N) is 3. The predicted molar refractivity (Wildman–Crippen MR) is 121 cm³/mol. The van der Waals surface area contributed by atoms with Crippen molar-refractivity contribution in [1.29, 1.82) is 0 Å². The van der Waals surface area contributed by atoms with E-state index in [-0.39, 0.29) is 17.5 Å². The van der Waals surface area contributed by atoms with Gasteiger partial charge in [-0.1, -0.05) is 32.0 Å². The lowest BCUT2D eigenvalue weighted by atomic mass is 10.1. The van der Waals surface area contributed by atoms with E-state index in [2.05, 4.69) is 0 Å². The highest BCUT2D eigenvalue weighted by Gasteiger charge is 2.29. The van der Waals surface area contributed by atoms with Crippen molar-refractivity contribution in [2.75, 3.05) is 20.3 Å². The average molecular weight is 428 g/mol. The van der Waals surface area contributed by atoms with Crippen molar-refractivity contribution in [3.8, 4) is 0 Å². The third-order valence-corrected chi connectivity index (χ3v) is 6.00. The number of fused-ring (bicyclic) bond motifs is 1. The summed E-state index contributed by atoms with van der Waals surface area (Å²) in [6.07, 6.45) is 2.19. The maximum atomic E-state index is 13.4. The summed E-state index contributed by atoms with van der Waals surface area (Å²) in [6.45, 7) is 5.75. The zero-order chi connectivity index (χ0) is 21.5. The number of methoxy groups -OCH3 is 1. The minimum absolute atomic E-state index is 0.0293. The van der Waals surface area contributed by atoms with Crippen molar-refractivity contribution in [3.63, 3.8) is 0 Å². The lowest BCUT2D eigenvalue weighted by molar-refractivity contribution is 0.0636. The third kappa shape index (κ3) is 4.63. The molecule has 0 saturated heterocycles. The van der Waals surface area contributed by atoms with Crippen LogP contribution in [0.25, 0.3) is 10.9 Å². The van der Waals surface area contributed by atoms with Gasteiger partial charge in [-0.2, -0.15) is 0 Å². The second-order valence-electron chi connectivity index (χ2n) is 7.19. The first-order valence-corrected chi connectivity index (χ1v) is 11.3. The number of carbonyl (C=O) groups excluding carboxylic acids is 1. The van der Waals surface area contributed by atoms with Crippen LogP contribution in [0.4, 0.5) is 0 Å². The van der Waals surface area contributed by atoms with E-state index in [4.69, 9.17) is 9.72 Å². The zero-order valence-corrected chi connectivity index (χ0v) is 18.7. The van der Waals surface area contributed by atoms with E-state index in [1.54, 1.807) is 11.7 Å². The van der Waals surface area contributed by atoms with E-state index in [1.165, 1.54) is 11.3 Å². The van der Waals surface area contributed by atoms with Crippen LogP contribution < -0.4 is 5.56 Å².